The van der Waals surface area contributed by atoms with Crippen LogP contribution in [0.4, 0.5) is 5.95 Å². The predicted molar refractivity (Wildman–Crippen MR) is 75.2 cm³/mol. The van der Waals surface area contributed by atoms with Crippen LogP contribution in [0.2, 0.25) is 0 Å². The number of anilines is 1. The Balaban J connectivity index is 2.24. The lowest BCUT2D eigenvalue weighted by atomic mass is 10.3. The number of halogens is 1. The lowest BCUT2D eigenvalue weighted by molar-refractivity contribution is 0.336. The molecule has 0 aromatic carbocycles. The molecule has 1 aliphatic rings. The van der Waals surface area contributed by atoms with E-state index < -0.39 is 0 Å². The van der Waals surface area contributed by atoms with E-state index in [1.54, 1.807) is 13.3 Å². The summed E-state index contributed by atoms with van der Waals surface area (Å²) in [5, 5.41) is 0. The summed E-state index contributed by atoms with van der Waals surface area (Å²) in [6.07, 6.45) is 2.88. The first-order valence-corrected chi connectivity index (χ1v) is 6.93. The Morgan fingerprint density at radius 3 is 2.94 bits per heavy atom. The maximum atomic E-state index is 5.23. The fourth-order valence-electron chi connectivity index (χ4n) is 2.29. The van der Waals surface area contributed by atoms with Gasteiger partial charge < -0.3 is 14.5 Å². The summed E-state index contributed by atoms with van der Waals surface area (Å²) in [6, 6.07) is 0.406. The van der Waals surface area contributed by atoms with Crippen LogP contribution in [0.3, 0.4) is 0 Å². The van der Waals surface area contributed by atoms with Crippen molar-refractivity contribution in [2.24, 2.45) is 0 Å². The van der Waals surface area contributed by atoms with Crippen molar-refractivity contribution in [3.05, 3.63) is 10.7 Å². The van der Waals surface area contributed by atoms with Gasteiger partial charge in [0.25, 0.3) is 0 Å². The zero-order chi connectivity index (χ0) is 13.1. The molecule has 100 valence electrons. The summed E-state index contributed by atoms with van der Waals surface area (Å²) in [4.78, 5) is 13.5. The van der Waals surface area contributed by atoms with Crippen LogP contribution in [-0.2, 0) is 0 Å². The molecule has 0 saturated carbocycles. The number of rotatable bonds is 2. The summed E-state index contributed by atoms with van der Waals surface area (Å²) in [7, 11) is 3.78. The third-order valence-electron chi connectivity index (χ3n) is 3.20. The van der Waals surface area contributed by atoms with Gasteiger partial charge in [-0.25, -0.2) is 4.98 Å². The fraction of sp³-hybridized carbons (Fsp3) is 0.667. The van der Waals surface area contributed by atoms with Crippen LogP contribution in [0, 0.1) is 0 Å². The van der Waals surface area contributed by atoms with Gasteiger partial charge in [-0.3, -0.25) is 0 Å². The molecule has 0 N–H and O–H groups in total. The normalized spacial score (nSPS) is 21.8. The molecule has 5 nitrogen and oxygen atoms in total. The lowest BCUT2D eigenvalue weighted by Gasteiger charge is -2.28. The van der Waals surface area contributed by atoms with Crippen LogP contribution in [0.1, 0.15) is 13.3 Å². The fourth-order valence-corrected chi connectivity index (χ4v) is 2.65. The Morgan fingerprint density at radius 2 is 2.22 bits per heavy atom. The van der Waals surface area contributed by atoms with E-state index in [0.717, 1.165) is 36.5 Å². The molecule has 1 unspecified atom stereocenters. The molecular weight excluding hydrogens is 296 g/mol. The van der Waals surface area contributed by atoms with Crippen LogP contribution in [0.5, 0.6) is 5.88 Å². The zero-order valence-corrected chi connectivity index (χ0v) is 12.6. The topological polar surface area (TPSA) is 41.5 Å². The van der Waals surface area contributed by atoms with Crippen molar-refractivity contribution in [1.82, 2.24) is 14.9 Å². The quantitative estimate of drug-likeness (QED) is 0.832. The van der Waals surface area contributed by atoms with Crippen molar-refractivity contribution < 1.29 is 4.74 Å². The molecule has 18 heavy (non-hydrogen) atoms. The van der Waals surface area contributed by atoms with E-state index in [-0.39, 0.29) is 0 Å². The molecule has 0 spiro atoms. The average molecular weight is 315 g/mol. The maximum absolute atomic E-state index is 5.23. The minimum atomic E-state index is 0.406. The van der Waals surface area contributed by atoms with E-state index in [0.29, 0.717) is 11.9 Å². The van der Waals surface area contributed by atoms with Gasteiger partial charge in [-0.1, -0.05) is 0 Å². The van der Waals surface area contributed by atoms with Crippen LogP contribution >= 0.6 is 15.9 Å². The van der Waals surface area contributed by atoms with E-state index in [1.165, 1.54) is 0 Å². The number of likely N-dealkylation sites (N-methyl/N-ethyl adjacent to an activating group) is 1. The summed E-state index contributed by atoms with van der Waals surface area (Å²) in [5.74, 6) is 1.34. The molecule has 0 bridgehead atoms. The van der Waals surface area contributed by atoms with E-state index in [2.05, 4.69) is 49.7 Å². The van der Waals surface area contributed by atoms with E-state index in [4.69, 9.17) is 4.74 Å². The predicted octanol–water partition coefficient (Wildman–Crippen LogP) is 1.78. The Hall–Kier alpha value is -0.880. The highest BCUT2D eigenvalue weighted by Gasteiger charge is 2.22. The minimum absolute atomic E-state index is 0.406. The number of aromatic nitrogens is 2. The molecule has 1 atom stereocenters. The number of hydrogen-bond donors (Lipinski definition) is 0. The third kappa shape index (κ3) is 2.92. The van der Waals surface area contributed by atoms with Gasteiger partial charge in [-0.15, -0.1) is 0 Å². The van der Waals surface area contributed by atoms with Crippen molar-refractivity contribution in [1.29, 1.82) is 0 Å². The SMILES string of the molecule is COc1nc(N2CCCN(C)CC2C)ncc1Br. The van der Waals surface area contributed by atoms with Crippen molar-refractivity contribution in [3.8, 4) is 5.88 Å². The maximum Gasteiger partial charge on any atom is 0.232 e. The van der Waals surface area contributed by atoms with Crippen molar-refractivity contribution in [2.45, 2.75) is 19.4 Å². The standard InChI is InChI=1S/C12H19BrN4O/c1-9-8-16(2)5-4-6-17(9)12-14-7-10(13)11(15-12)18-3/h7,9H,4-6,8H2,1-3H3. The molecule has 1 fully saturated rings. The molecule has 1 aromatic heterocycles. The Kier molecular flexibility index (Phi) is 4.40. The molecular formula is C12H19BrN4O. The van der Waals surface area contributed by atoms with E-state index in [9.17, 15) is 0 Å². The molecule has 2 heterocycles. The van der Waals surface area contributed by atoms with Gasteiger partial charge in [-0.05, 0) is 42.9 Å². The molecule has 0 aliphatic carbocycles. The van der Waals surface area contributed by atoms with Gasteiger partial charge in [0.2, 0.25) is 11.8 Å². The van der Waals surface area contributed by atoms with Crippen LogP contribution < -0.4 is 9.64 Å². The smallest absolute Gasteiger partial charge is 0.232 e. The third-order valence-corrected chi connectivity index (χ3v) is 3.74. The number of nitrogens with zero attached hydrogens (tertiary/aromatic N) is 4. The monoisotopic (exact) mass is 314 g/mol. The van der Waals surface area contributed by atoms with Gasteiger partial charge in [0, 0.05) is 19.1 Å². The highest BCUT2D eigenvalue weighted by Crippen LogP contribution is 2.25. The minimum Gasteiger partial charge on any atom is -0.480 e. The van der Waals surface area contributed by atoms with Crippen LogP contribution in [-0.4, -0.2) is 54.7 Å². The second-order valence-corrected chi connectivity index (χ2v) is 5.54. The van der Waals surface area contributed by atoms with Crippen molar-refractivity contribution in [3.63, 3.8) is 0 Å². The van der Waals surface area contributed by atoms with Gasteiger partial charge in [0.05, 0.1) is 17.8 Å². The molecule has 0 radical (unpaired) electrons. The van der Waals surface area contributed by atoms with E-state index >= 15 is 0 Å². The van der Waals surface area contributed by atoms with Crippen molar-refractivity contribution >= 4 is 21.9 Å². The summed E-state index contributed by atoms with van der Waals surface area (Å²) in [6.45, 7) is 5.34. The molecule has 1 aromatic rings. The molecule has 0 amide bonds. The highest BCUT2D eigenvalue weighted by molar-refractivity contribution is 9.10. The summed E-state index contributed by atoms with van der Waals surface area (Å²) < 4.78 is 6.01. The van der Waals surface area contributed by atoms with Crippen molar-refractivity contribution in [2.75, 3.05) is 38.7 Å². The molecule has 1 aliphatic heterocycles. The second kappa shape index (κ2) is 5.84. The van der Waals surface area contributed by atoms with Gasteiger partial charge in [0.1, 0.15) is 0 Å². The first-order chi connectivity index (χ1) is 8.61. The lowest BCUT2D eigenvalue weighted by Crippen LogP contribution is -2.39. The first kappa shape index (κ1) is 13.5. The molecule has 1 saturated heterocycles. The second-order valence-electron chi connectivity index (χ2n) is 4.69. The van der Waals surface area contributed by atoms with Gasteiger partial charge in [-0.2, -0.15) is 4.98 Å². The Morgan fingerprint density at radius 1 is 1.44 bits per heavy atom. The Labute approximate surface area is 116 Å². The Bertz CT molecular complexity index is 415. The number of methoxy groups -OCH3 is 1. The van der Waals surface area contributed by atoms with Gasteiger partial charge >= 0.3 is 0 Å². The highest BCUT2D eigenvalue weighted by atomic mass is 79.9. The number of ether oxygens (including phenoxy) is 1. The van der Waals surface area contributed by atoms with Crippen LogP contribution in [0.25, 0.3) is 0 Å². The summed E-state index contributed by atoms with van der Waals surface area (Å²) in [5.41, 5.74) is 0. The van der Waals surface area contributed by atoms with Crippen LogP contribution in [0.15, 0.2) is 10.7 Å². The largest absolute Gasteiger partial charge is 0.480 e. The first-order valence-electron chi connectivity index (χ1n) is 6.13. The average Bonchev–Trinajstić information content (AvgIpc) is 2.51. The summed E-state index contributed by atoms with van der Waals surface area (Å²) >= 11 is 3.38. The van der Waals surface area contributed by atoms with Gasteiger partial charge in [0.15, 0.2) is 0 Å². The zero-order valence-electron chi connectivity index (χ0n) is 11.1. The van der Waals surface area contributed by atoms with E-state index in [1.807, 2.05) is 0 Å². The number of hydrogen-bond acceptors (Lipinski definition) is 5. The molecule has 2 rings (SSSR count). The molecule has 6 heteroatoms.